The molecule has 50 heavy (non-hydrogen) atoms. The molecule has 0 N–H and O–H groups in total. The molecule has 0 saturated carbocycles. The Labute approximate surface area is 290 Å². The third kappa shape index (κ3) is 4.08. The third-order valence-corrected chi connectivity index (χ3v) is 11.1. The number of rotatable bonds is 4. The van der Waals surface area contributed by atoms with Gasteiger partial charge >= 0.3 is 0 Å². The lowest BCUT2D eigenvalue weighted by molar-refractivity contribution is 1.07. The standard InChI is InChI=1S/C45H26N4S/c1-3-11-27(12-4-1)43-46-44(28-13-5-2-6-14-28)48-45(47-43)31-16-9-15-29(23-31)30-21-22-40-36(24-30)37-25-35-34-19-10-18-33-32-17-7-8-20-38(32)49(42(33)34)39(35)26-41(37)50-40/h1-26H. The SMILES string of the molecule is c1ccc(-c2nc(-c3ccccc3)nc(-c3cccc(-c4ccc5sc6cc7c(cc6c5c4)c4cccc5c6ccccc6n7c54)c3)n2)cc1. The van der Waals surface area contributed by atoms with Crippen molar-refractivity contribution in [1.82, 2.24) is 19.4 Å². The Bertz CT molecular complexity index is 3030. The second-order valence-corrected chi connectivity index (χ2v) is 13.9. The molecule has 0 saturated heterocycles. The minimum absolute atomic E-state index is 0.655. The number of hydrogen-bond acceptors (Lipinski definition) is 4. The number of thiophene rings is 1. The highest BCUT2D eigenvalue weighted by Gasteiger charge is 2.19. The fraction of sp³-hybridized carbons (Fsp3) is 0. The summed E-state index contributed by atoms with van der Waals surface area (Å²) in [5, 5.41) is 7.81. The minimum Gasteiger partial charge on any atom is -0.308 e. The highest BCUT2D eigenvalue weighted by atomic mass is 32.1. The van der Waals surface area contributed by atoms with Gasteiger partial charge in [0.2, 0.25) is 0 Å². The van der Waals surface area contributed by atoms with E-state index in [0.29, 0.717) is 17.5 Å². The van der Waals surface area contributed by atoms with Crippen LogP contribution in [0.2, 0.25) is 0 Å². The zero-order valence-electron chi connectivity index (χ0n) is 26.7. The van der Waals surface area contributed by atoms with Crippen molar-refractivity contribution < 1.29 is 0 Å². The van der Waals surface area contributed by atoms with Gasteiger partial charge in [-0.05, 0) is 47.5 Å². The summed E-state index contributed by atoms with van der Waals surface area (Å²) in [6.45, 7) is 0. The first kappa shape index (κ1) is 27.5. The normalized spacial score (nSPS) is 12.0. The lowest BCUT2D eigenvalue weighted by Crippen LogP contribution is -2.00. The largest absolute Gasteiger partial charge is 0.308 e. The van der Waals surface area contributed by atoms with Gasteiger partial charge in [0.1, 0.15) is 0 Å². The molecule has 4 aromatic heterocycles. The van der Waals surface area contributed by atoms with E-state index in [1.165, 1.54) is 63.8 Å². The molecule has 0 aliphatic rings. The van der Waals surface area contributed by atoms with Gasteiger partial charge in [-0.3, -0.25) is 0 Å². The molecule has 0 bridgehead atoms. The molecule has 0 fully saturated rings. The zero-order valence-corrected chi connectivity index (χ0v) is 27.5. The molecule has 0 amide bonds. The van der Waals surface area contributed by atoms with Gasteiger partial charge in [0.25, 0.3) is 0 Å². The van der Waals surface area contributed by atoms with Crippen molar-refractivity contribution in [3.05, 3.63) is 158 Å². The summed E-state index contributed by atoms with van der Waals surface area (Å²) < 4.78 is 5.05. The van der Waals surface area contributed by atoms with E-state index in [2.05, 4.69) is 101 Å². The van der Waals surface area contributed by atoms with Crippen LogP contribution in [0.25, 0.3) is 104 Å². The first-order valence-corrected chi connectivity index (χ1v) is 17.6. The first-order valence-electron chi connectivity index (χ1n) is 16.8. The zero-order chi connectivity index (χ0) is 32.8. The van der Waals surface area contributed by atoms with Crippen molar-refractivity contribution in [3.8, 4) is 45.3 Å². The Kier molecular flexibility index (Phi) is 5.80. The molecule has 0 atom stereocenters. The van der Waals surface area contributed by atoms with Crippen LogP contribution in [0.15, 0.2) is 158 Å². The van der Waals surface area contributed by atoms with Crippen molar-refractivity contribution in [2.45, 2.75) is 0 Å². The second-order valence-electron chi connectivity index (χ2n) is 12.9. The Morgan fingerprint density at radius 2 is 0.900 bits per heavy atom. The molecular formula is C45H26N4S. The van der Waals surface area contributed by atoms with E-state index < -0.39 is 0 Å². The molecule has 0 aliphatic carbocycles. The summed E-state index contributed by atoms with van der Waals surface area (Å²) in [4.78, 5) is 14.8. The second kappa shape index (κ2) is 10.5. The number of hydrogen-bond donors (Lipinski definition) is 0. The average molecular weight is 655 g/mol. The molecule has 0 aliphatic heterocycles. The van der Waals surface area contributed by atoms with Crippen LogP contribution in [0, 0.1) is 0 Å². The maximum Gasteiger partial charge on any atom is 0.164 e. The van der Waals surface area contributed by atoms with Crippen LogP contribution in [-0.4, -0.2) is 19.4 Å². The molecule has 0 radical (unpaired) electrons. The number of aromatic nitrogens is 4. The van der Waals surface area contributed by atoms with Crippen LogP contribution in [0.3, 0.4) is 0 Å². The van der Waals surface area contributed by atoms with Crippen LogP contribution in [0.1, 0.15) is 0 Å². The predicted molar refractivity (Wildman–Crippen MR) is 209 cm³/mol. The Morgan fingerprint density at radius 1 is 0.340 bits per heavy atom. The fourth-order valence-electron chi connectivity index (χ4n) is 7.65. The van der Waals surface area contributed by atoms with Gasteiger partial charge < -0.3 is 4.40 Å². The maximum atomic E-state index is 4.98. The summed E-state index contributed by atoms with van der Waals surface area (Å²) >= 11 is 1.87. The van der Waals surface area contributed by atoms with Gasteiger partial charge in [0.15, 0.2) is 17.5 Å². The topological polar surface area (TPSA) is 43.1 Å². The number of nitrogens with zero attached hydrogens (tertiary/aromatic N) is 4. The fourth-order valence-corrected chi connectivity index (χ4v) is 8.76. The highest BCUT2D eigenvalue weighted by Crippen LogP contribution is 2.44. The lowest BCUT2D eigenvalue weighted by atomic mass is 10.00. The quantitative estimate of drug-likeness (QED) is 0.190. The summed E-state index contributed by atoms with van der Waals surface area (Å²) in [7, 11) is 0. The van der Waals surface area contributed by atoms with E-state index in [4.69, 9.17) is 15.0 Å². The molecule has 11 rings (SSSR count). The lowest BCUT2D eigenvalue weighted by Gasteiger charge is -2.10. The highest BCUT2D eigenvalue weighted by molar-refractivity contribution is 7.25. The molecule has 232 valence electrons. The Morgan fingerprint density at radius 3 is 1.66 bits per heavy atom. The van der Waals surface area contributed by atoms with Crippen molar-refractivity contribution in [3.63, 3.8) is 0 Å². The molecule has 0 spiro atoms. The number of benzene rings is 7. The predicted octanol–water partition coefficient (Wildman–Crippen LogP) is 12.1. The number of para-hydroxylation sites is 2. The minimum atomic E-state index is 0.655. The van der Waals surface area contributed by atoms with E-state index in [1.54, 1.807) is 0 Å². The molecule has 5 heteroatoms. The van der Waals surface area contributed by atoms with Crippen molar-refractivity contribution in [2.24, 2.45) is 0 Å². The molecule has 11 aromatic rings. The van der Waals surface area contributed by atoms with Gasteiger partial charge in [-0.2, -0.15) is 0 Å². The van der Waals surface area contributed by atoms with E-state index in [0.717, 1.165) is 22.3 Å². The summed E-state index contributed by atoms with van der Waals surface area (Å²) in [5.41, 5.74) is 9.01. The molecule has 7 aromatic carbocycles. The summed E-state index contributed by atoms with van der Waals surface area (Å²) in [6.07, 6.45) is 0. The van der Waals surface area contributed by atoms with Crippen molar-refractivity contribution >= 4 is 69.6 Å². The Balaban J connectivity index is 1.06. The van der Waals surface area contributed by atoms with Crippen molar-refractivity contribution in [2.75, 3.05) is 0 Å². The van der Waals surface area contributed by atoms with Crippen LogP contribution < -0.4 is 0 Å². The van der Waals surface area contributed by atoms with Crippen LogP contribution in [0.4, 0.5) is 0 Å². The average Bonchev–Trinajstić information content (AvgIpc) is 3.84. The van der Waals surface area contributed by atoms with Gasteiger partial charge in [-0.15, -0.1) is 11.3 Å². The van der Waals surface area contributed by atoms with Crippen LogP contribution in [-0.2, 0) is 0 Å². The molecule has 4 nitrogen and oxygen atoms in total. The number of fused-ring (bicyclic) bond motifs is 9. The van der Waals surface area contributed by atoms with Gasteiger partial charge in [0.05, 0.1) is 16.6 Å². The van der Waals surface area contributed by atoms with E-state index >= 15 is 0 Å². The van der Waals surface area contributed by atoms with Gasteiger partial charge in [0, 0.05) is 58.4 Å². The van der Waals surface area contributed by atoms with Gasteiger partial charge in [-0.1, -0.05) is 121 Å². The molecular weight excluding hydrogens is 629 g/mol. The maximum absolute atomic E-state index is 4.98. The third-order valence-electron chi connectivity index (χ3n) is 9.97. The summed E-state index contributed by atoms with van der Waals surface area (Å²) in [5.74, 6) is 1.98. The summed E-state index contributed by atoms with van der Waals surface area (Å²) in [6, 6.07) is 56.0. The first-order chi connectivity index (χ1) is 24.8. The molecule has 4 heterocycles. The van der Waals surface area contributed by atoms with Crippen molar-refractivity contribution in [1.29, 1.82) is 0 Å². The smallest absolute Gasteiger partial charge is 0.164 e. The van der Waals surface area contributed by atoms with Crippen LogP contribution >= 0.6 is 11.3 Å². The van der Waals surface area contributed by atoms with Crippen LogP contribution in [0.5, 0.6) is 0 Å². The Hall–Kier alpha value is -6.43. The van der Waals surface area contributed by atoms with Gasteiger partial charge in [-0.25, -0.2) is 15.0 Å². The monoisotopic (exact) mass is 654 g/mol. The van der Waals surface area contributed by atoms with E-state index in [9.17, 15) is 0 Å². The van der Waals surface area contributed by atoms with E-state index in [1.807, 2.05) is 72.0 Å². The van der Waals surface area contributed by atoms with E-state index in [-0.39, 0.29) is 0 Å². The molecule has 0 unspecified atom stereocenters.